The zero-order valence-electron chi connectivity index (χ0n) is 14.3. The molecule has 132 valence electrons. The van der Waals surface area contributed by atoms with Crippen molar-refractivity contribution in [3.05, 3.63) is 41.2 Å². The summed E-state index contributed by atoms with van der Waals surface area (Å²) >= 11 is 6.33. The maximum Gasteiger partial charge on any atom is 0.322 e. The fourth-order valence-corrected chi connectivity index (χ4v) is 3.77. The van der Waals surface area contributed by atoms with E-state index in [9.17, 15) is 4.79 Å². The molecule has 2 amide bonds. The predicted octanol–water partition coefficient (Wildman–Crippen LogP) is 3.73. The lowest BCUT2D eigenvalue weighted by molar-refractivity contribution is 0.139. The van der Waals surface area contributed by atoms with Crippen LogP contribution in [-0.4, -0.2) is 39.4 Å². The maximum absolute atomic E-state index is 12.7. The van der Waals surface area contributed by atoms with Gasteiger partial charge >= 0.3 is 6.03 Å². The van der Waals surface area contributed by atoms with Gasteiger partial charge in [-0.25, -0.2) is 4.79 Å². The van der Waals surface area contributed by atoms with Gasteiger partial charge in [-0.2, -0.15) is 5.10 Å². The summed E-state index contributed by atoms with van der Waals surface area (Å²) in [6.45, 7) is 5.38. The molecule has 4 rings (SSSR count). The van der Waals surface area contributed by atoms with E-state index < -0.39 is 0 Å². The third-order valence-electron chi connectivity index (χ3n) is 4.76. The highest BCUT2D eigenvalue weighted by atomic mass is 35.5. The Labute approximate surface area is 151 Å². The molecule has 0 bridgehead atoms. The summed E-state index contributed by atoms with van der Waals surface area (Å²) in [4.78, 5) is 14.5. The lowest BCUT2D eigenvalue weighted by atomic mass is 10.0. The molecule has 25 heavy (non-hydrogen) atoms. The first-order chi connectivity index (χ1) is 11.9. The number of hydrogen-bond acceptors (Lipinski definition) is 3. The summed E-state index contributed by atoms with van der Waals surface area (Å²) in [6, 6.07) is 5.74. The van der Waals surface area contributed by atoms with Gasteiger partial charge in [-0.1, -0.05) is 17.7 Å². The van der Waals surface area contributed by atoms with Gasteiger partial charge in [-0.05, 0) is 32.4 Å². The number of carbonyl (C=O) groups excluding carboxylic acids is 1. The number of anilines is 1. The van der Waals surface area contributed by atoms with E-state index in [0.717, 1.165) is 18.4 Å². The number of nitrogens with one attached hydrogen (secondary N) is 1. The SMILES string of the molecule is CC1(C)Cc2ccc(Cl)c(NC(=O)N3CCC(n4cccn4)C3)c2O1. The Bertz CT molecular complexity index is 804. The Hall–Kier alpha value is -2.21. The van der Waals surface area contributed by atoms with Crippen LogP contribution in [0.25, 0.3) is 0 Å². The number of ether oxygens (including phenoxy) is 1. The minimum absolute atomic E-state index is 0.154. The van der Waals surface area contributed by atoms with Crippen molar-refractivity contribution >= 4 is 23.3 Å². The first kappa shape index (κ1) is 16.3. The van der Waals surface area contributed by atoms with Gasteiger partial charge in [0.05, 0.1) is 11.1 Å². The molecule has 1 aromatic carbocycles. The molecule has 7 heteroatoms. The molecule has 1 unspecified atom stereocenters. The molecule has 1 fully saturated rings. The highest BCUT2D eigenvalue weighted by Gasteiger charge is 2.34. The van der Waals surface area contributed by atoms with Gasteiger partial charge in [0, 0.05) is 37.5 Å². The van der Waals surface area contributed by atoms with Crippen molar-refractivity contribution in [2.45, 2.75) is 38.3 Å². The minimum atomic E-state index is -0.286. The second-order valence-electron chi connectivity index (χ2n) is 7.25. The van der Waals surface area contributed by atoms with E-state index in [1.165, 1.54) is 0 Å². The highest BCUT2D eigenvalue weighted by Crippen LogP contribution is 2.44. The van der Waals surface area contributed by atoms with Crippen LogP contribution in [0.5, 0.6) is 5.75 Å². The number of carbonyl (C=O) groups is 1. The average Bonchev–Trinajstić information content (AvgIpc) is 3.27. The van der Waals surface area contributed by atoms with Gasteiger partial charge in [0.25, 0.3) is 0 Å². The summed E-state index contributed by atoms with van der Waals surface area (Å²) < 4.78 is 7.93. The van der Waals surface area contributed by atoms with E-state index in [0.29, 0.717) is 29.5 Å². The standard InChI is InChI=1S/C18H21ClN4O2/c1-18(2)10-12-4-5-14(19)15(16(12)25-18)21-17(24)22-9-6-13(11-22)23-8-3-7-20-23/h3-5,7-8,13H,6,9-11H2,1-2H3,(H,21,24). The Morgan fingerprint density at radius 2 is 2.28 bits per heavy atom. The summed E-state index contributed by atoms with van der Waals surface area (Å²) in [6.07, 6.45) is 5.38. The van der Waals surface area contributed by atoms with Crippen molar-refractivity contribution in [3.63, 3.8) is 0 Å². The predicted molar refractivity (Wildman–Crippen MR) is 96.3 cm³/mol. The summed E-state index contributed by atoms with van der Waals surface area (Å²) in [5.74, 6) is 0.689. The Kier molecular flexibility index (Phi) is 3.87. The third-order valence-corrected chi connectivity index (χ3v) is 5.08. The number of hydrogen-bond donors (Lipinski definition) is 1. The van der Waals surface area contributed by atoms with Crippen LogP contribution < -0.4 is 10.1 Å². The maximum atomic E-state index is 12.7. The fraction of sp³-hybridized carbons (Fsp3) is 0.444. The van der Waals surface area contributed by atoms with Crippen LogP contribution >= 0.6 is 11.6 Å². The van der Waals surface area contributed by atoms with E-state index in [2.05, 4.69) is 10.4 Å². The smallest absolute Gasteiger partial charge is 0.322 e. The summed E-state index contributed by atoms with van der Waals surface area (Å²) in [5.41, 5.74) is 1.35. The van der Waals surface area contributed by atoms with E-state index in [1.54, 1.807) is 11.1 Å². The Morgan fingerprint density at radius 1 is 1.44 bits per heavy atom. The van der Waals surface area contributed by atoms with Crippen LogP contribution in [0.3, 0.4) is 0 Å². The number of rotatable bonds is 2. The molecular weight excluding hydrogens is 340 g/mol. The van der Waals surface area contributed by atoms with Crippen LogP contribution in [0.15, 0.2) is 30.6 Å². The Balaban J connectivity index is 1.50. The number of likely N-dealkylation sites (tertiary alicyclic amines) is 1. The topological polar surface area (TPSA) is 59.4 Å². The second kappa shape index (κ2) is 5.95. The first-order valence-corrected chi connectivity index (χ1v) is 8.86. The van der Waals surface area contributed by atoms with Crippen LogP contribution in [0.4, 0.5) is 10.5 Å². The molecule has 1 saturated heterocycles. The molecule has 2 aromatic rings. The zero-order valence-corrected chi connectivity index (χ0v) is 15.1. The quantitative estimate of drug-likeness (QED) is 0.887. The van der Waals surface area contributed by atoms with Gasteiger partial charge < -0.3 is 15.0 Å². The van der Waals surface area contributed by atoms with Crippen LogP contribution in [0.2, 0.25) is 5.02 Å². The number of halogens is 1. The number of benzene rings is 1. The lowest BCUT2D eigenvalue weighted by Gasteiger charge is -2.21. The second-order valence-corrected chi connectivity index (χ2v) is 7.66. The highest BCUT2D eigenvalue weighted by molar-refractivity contribution is 6.34. The van der Waals surface area contributed by atoms with E-state index >= 15 is 0 Å². The fourth-order valence-electron chi connectivity index (χ4n) is 3.57. The van der Waals surface area contributed by atoms with Gasteiger partial charge in [0.1, 0.15) is 17.0 Å². The van der Waals surface area contributed by atoms with E-state index in [1.807, 2.05) is 42.9 Å². The van der Waals surface area contributed by atoms with Crippen molar-refractivity contribution < 1.29 is 9.53 Å². The van der Waals surface area contributed by atoms with E-state index in [-0.39, 0.29) is 17.7 Å². The number of aromatic nitrogens is 2. The van der Waals surface area contributed by atoms with Gasteiger partial charge in [0.15, 0.2) is 0 Å². The molecule has 1 N–H and O–H groups in total. The molecule has 0 saturated carbocycles. The van der Waals surface area contributed by atoms with E-state index in [4.69, 9.17) is 16.3 Å². The number of nitrogens with zero attached hydrogens (tertiary/aromatic N) is 3. The number of urea groups is 1. The number of amides is 2. The zero-order chi connectivity index (χ0) is 17.6. The minimum Gasteiger partial charge on any atom is -0.485 e. The monoisotopic (exact) mass is 360 g/mol. The van der Waals surface area contributed by atoms with Crippen LogP contribution in [0, 0.1) is 0 Å². The molecule has 1 atom stereocenters. The molecule has 6 nitrogen and oxygen atoms in total. The first-order valence-electron chi connectivity index (χ1n) is 8.48. The molecule has 0 spiro atoms. The lowest BCUT2D eigenvalue weighted by Crippen LogP contribution is -2.33. The van der Waals surface area contributed by atoms with Gasteiger partial charge in [0.2, 0.25) is 0 Å². The van der Waals surface area contributed by atoms with Gasteiger partial charge in [-0.3, -0.25) is 4.68 Å². The molecule has 0 aliphatic carbocycles. The summed E-state index contributed by atoms with van der Waals surface area (Å²) in [5, 5.41) is 7.72. The largest absolute Gasteiger partial charge is 0.485 e. The van der Waals surface area contributed by atoms with Crippen molar-refractivity contribution in [2.75, 3.05) is 18.4 Å². The molecule has 1 aromatic heterocycles. The molecule has 3 heterocycles. The van der Waals surface area contributed by atoms with Crippen molar-refractivity contribution in [1.29, 1.82) is 0 Å². The molecule has 2 aliphatic heterocycles. The summed E-state index contributed by atoms with van der Waals surface area (Å²) in [7, 11) is 0. The Morgan fingerprint density at radius 3 is 3.04 bits per heavy atom. The van der Waals surface area contributed by atoms with Crippen molar-refractivity contribution in [1.82, 2.24) is 14.7 Å². The average molecular weight is 361 g/mol. The molecular formula is C18H21ClN4O2. The normalized spacial score (nSPS) is 21.1. The molecule has 0 radical (unpaired) electrons. The van der Waals surface area contributed by atoms with Crippen molar-refractivity contribution in [2.24, 2.45) is 0 Å². The van der Waals surface area contributed by atoms with Crippen molar-refractivity contribution in [3.8, 4) is 5.75 Å². The number of fused-ring (bicyclic) bond motifs is 1. The van der Waals surface area contributed by atoms with Gasteiger partial charge in [-0.15, -0.1) is 0 Å². The third kappa shape index (κ3) is 3.06. The van der Waals surface area contributed by atoms with Crippen LogP contribution in [-0.2, 0) is 6.42 Å². The molecule has 2 aliphatic rings. The van der Waals surface area contributed by atoms with Crippen LogP contribution in [0.1, 0.15) is 31.9 Å².